The number of carbonyl (C=O) groups is 2. The van der Waals surface area contributed by atoms with Crippen molar-refractivity contribution in [1.29, 1.82) is 0 Å². The van der Waals surface area contributed by atoms with Crippen LogP contribution in [0.25, 0.3) is 0 Å². The number of nitrogens with zero attached hydrogens (tertiary/aromatic N) is 2. The molecule has 24 heavy (non-hydrogen) atoms. The Balaban J connectivity index is 2.10. The van der Waals surface area contributed by atoms with Gasteiger partial charge in [-0.1, -0.05) is 0 Å². The fraction of sp³-hybridized carbons (Fsp3) is 0.467. The van der Waals surface area contributed by atoms with Crippen molar-refractivity contribution in [1.82, 2.24) is 10.2 Å². The number of carbonyl (C=O) groups excluding carboxylic acids is 2. The maximum Gasteiger partial charge on any atom is 0.292 e. The first kappa shape index (κ1) is 17.7. The van der Waals surface area contributed by atoms with Crippen molar-refractivity contribution in [3.05, 3.63) is 33.9 Å². The fourth-order valence-corrected chi connectivity index (χ4v) is 2.73. The van der Waals surface area contributed by atoms with Crippen LogP contribution >= 0.6 is 0 Å². The molecule has 9 nitrogen and oxygen atoms in total. The third kappa shape index (κ3) is 3.99. The molecule has 1 heterocycles. The lowest BCUT2D eigenvalue weighted by Gasteiger charge is -2.32. The number of nitrogens with two attached hydrogens (primary N) is 2. The SMILES string of the molecule is NCCNC(=O)C1CCCN(C(=O)c2ccc(N)c([N+](=O)[O-])c2)C1. The molecule has 0 bridgehead atoms. The van der Waals surface area contributed by atoms with Gasteiger partial charge in [-0.25, -0.2) is 0 Å². The van der Waals surface area contributed by atoms with Gasteiger partial charge in [0.15, 0.2) is 0 Å². The quantitative estimate of drug-likeness (QED) is 0.395. The molecule has 0 spiro atoms. The molecule has 1 atom stereocenters. The highest BCUT2D eigenvalue weighted by Gasteiger charge is 2.29. The average Bonchev–Trinajstić information content (AvgIpc) is 2.59. The first-order valence-corrected chi connectivity index (χ1v) is 7.75. The van der Waals surface area contributed by atoms with Crippen LogP contribution in [0.3, 0.4) is 0 Å². The van der Waals surface area contributed by atoms with E-state index in [2.05, 4.69) is 5.32 Å². The lowest BCUT2D eigenvalue weighted by Crippen LogP contribution is -2.46. The molecule has 5 N–H and O–H groups in total. The van der Waals surface area contributed by atoms with E-state index in [1.165, 1.54) is 18.2 Å². The topological polar surface area (TPSA) is 145 Å². The molecule has 9 heteroatoms. The molecular weight excluding hydrogens is 314 g/mol. The molecule has 0 aromatic heterocycles. The summed E-state index contributed by atoms with van der Waals surface area (Å²) in [5, 5.41) is 13.7. The minimum Gasteiger partial charge on any atom is -0.393 e. The van der Waals surface area contributed by atoms with Gasteiger partial charge in [0.05, 0.1) is 10.8 Å². The second kappa shape index (κ2) is 7.73. The van der Waals surface area contributed by atoms with E-state index in [0.29, 0.717) is 32.5 Å². The van der Waals surface area contributed by atoms with Gasteiger partial charge in [0, 0.05) is 37.8 Å². The van der Waals surface area contributed by atoms with E-state index in [-0.39, 0.29) is 41.2 Å². The number of piperidine rings is 1. The van der Waals surface area contributed by atoms with E-state index in [1.807, 2.05) is 0 Å². The molecule has 1 aromatic rings. The summed E-state index contributed by atoms with van der Waals surface area (Å²) in [7, 11) is 0. The summed E-state index contributed by atoms with van der Waals surface area (Å²) in [5.74, 6) is -0.756. The van der Waals surface area contributed by atoms with E-state index >= 15 is 0 Å². The van der Waals surface area contributed by atoms with Crippen molar-refractivity contribution < 1.29 is 14.5 Å². The van der Waals surface area contributed by atoms with Gasteiger partial charge in [0.25, 0.3) is 11.6 Å². The lowest BCUT2D eigenvalue weighted by molar-refractivity contribution is -0.383. The maximum atomic E-state index is 12.6. The van der Waals surface area contributed by atoms with Crippen LogP contribution in [0, 0.1) is 16.0 Å². The number of likely N-dealkylation sites (tertiary alicyclic amines) is 1. The number of hydrogen-bond acceptors (Lipinski definition) is 6. The number of nitro benzene ring substituents is 1. The summed E-state index contributed by atoms with van der Waals surface area (Å²) in [4.78, 5) is 36.5. The molecule has 2 amide bonds. The summed E-state index contributed by atoms with van der Waals surface area (Å²) >= 11 is 0. The summed E-state index contributed by atoms with van der Waals surface area (Å²) < 4.78 is 0. The van der Waals surface area contributed by atoms with Crippen LogP contribution in [-0.4, -0.2) is 47.8 Å². The molecule has 1 aliphatic heterocycles. The first-order valence-electron chi connectivity index (χ1n) is 7.75. The monoisotopic (exact) mass is 335 g/mol. The fourth-order valence-electron chi connectivity index (χ4n) is 2.73. The van der Waals surface area contributed by atoms with Gasteiger partial charge in [0.2, 0.25) is 5.91 Å². The predicted molar refractivity (Wildman–Crippen MR) is 88.2 cm³/mol. The number of amides is 2. The van der Waals surface area contributed by atoms with Crippen molar-refractivity contribution in [3.63, 3.8) is 0 Å². The first-order chi connectivity index (χ1) is 11.4. The van der Waals surface area contributed by atoms with E-state index in [1.54, 1.807) is 4.90 Å². The molecule has 1 aliphatic rings. The molecule has 2 rings (SSSR count). The molecule has 130 valence electrons. The second-order valence-corrected chi connectivity index (χ2v) is 5.70. The minimum atomic E-state index is -0.620. The molecule has 1 saturated heterocycles. The Hall–Kier alpha value is -2.68. The molecule has 0 radical (unpaired) electrons. The predicted octanol–water partition coefficient (Wildman–Crippen LogP) is 0.104. The van der Waals surface area contributed by atoms with Gasteiger partial charge >= 0.3 is 0 Å². The Bertz CT molecular complexity index is 649. The van der Waals surface area contributed by atoms with Crippen LogP contribution in [0.15, 0.2) is 18.2 Å². The normalized spacial score (nSPS) is 17.4. The Kier molecular flexibility index (Phi) is 5.69. The summed E-state index contributed by atoms with van der Waals surface area (Å²) in [6.45, 7) is 1.55. The van der Waals surface area contributed by atoms with Gasteiger partial charge in [0.1, 0.15) is 5.69 Å². The van der Waals surface area contributed by atoms with E-state index in [4.69, 9.17) is 11.5 Å². The number of anilines is 1. The zero-order valence-electron chi connectivity index (χ0n) is 13.2. The van der Waals surface area contributed by atoms with Crippen LogP contribution in [0.5, 0.6) is 0 Å². The Morgan fingerprint density at radius 1 is 1.42 bits per heavy atom. The summed E-state index contributed by atoms with van der Waals surface area (Å²) in [6, 6.07) is 3.99. The maximum absolute atomic E-state index is 12.6. The van der Waals surface area contributed by atoms with Crippen molar-refractivity contribution in [3.8, 4) is 0 Å². The minimum absolute atomic E-state index is 0.00855. The average molecular weight is 335 g/mol. The Morgan fingerprint density at radius 3 is 2.83 bits per heavy atom. The highest BCUT2D eigenvalue weighted by Crippen LogP contribution is 2.25. The van der Waals surface area contributed by atoms with Crippen LogP contribution in [0.1, 0.15) is 23.2 Å². The Morgan fingerprint density at radius 2 is 2.17 bits per heavy atom. The number of nitrogens with one attached hydrogen (secondary N) is 1. The summed E-state index contributed by atoms with van der Waals surface area (Å²) in [5.41, 5.74) is 10.8. The molecular formula is C15H21N5O4. The zero-order valence-corrected chi connectivity index (χ0v) is 13.2. The van der Waals surface area contributed by atoms with E-state index in [0.717, 1.165) is 0 Å². The second-order valence-electron chi connectivity index (χ2n) is 5.70. The third-order valence-corrected chi connectivity index (χ3v) is 4.00. The van der Waals surface area contributed by atoms with Crippen molar-refractivity contribution in [2.45, 2.75) is 12.8 Å². The molecule has 0 saturated carbocycles. The van der Waals surface area contributed by atoms with Crippen LogP contribution in [-0.2, 0) is 4.79 Å². The molecule has 1 unspecified atom stereocenters. The van der Waals surface area contributed by atoms with E-state index < -0.39 is 4.92 Å². The summed E-state index contributed by atoms with van der Waals surface area (Å²) in [6.07, 6.45) is 1.39. The van der Waals surface area contributed by atoms with Gasteiger partial charge in [-0.2, -0.15) is 0 Å². The molecule has 0 aliphatic carbocycles. The van der Waals surface area contributed by atoms with Crippen LogP contribution < -0.4 is 16.8 Å². The van der Waals surface area contributed by atoms with Crippen LogP contribution in [0.4, 0.5) is 11.4 Å². The van der Waals surface area contributed by atoms with Crippen molar-refractivity contribution in [2.75, 3.05) is 31.9 Å². The largest absolute Gasteiger partial charge is 0.393 e. The van der Waals surface area contributed by atoms with Crippen molar-refractivity contribution >= 4 is 23.2 Å². The molecule has 1 fully saturated rings. The van der Waals surface area contributed by atoms with Gasteiger partial charge in [-0.15, -0.1) is 0 Å². The number of nitro groups is 1. The lowest BCUT2D eigenvalue weighted by atomic mass is 9.96. The highest BCUT2D eigenvalue weighted by atomic mass is 16.6. The Labute approximate surface area is 139 Å². The van der Waals surface area contributed by atoms with Crippen LogP contribution in [0.2, 0.25) is 0 Å². The van der Waals surface area contributed by atoms with Crippen molar-refractivity contribution in [2.24, 2.45) is 11.7 Å². The standard InChI is InChI=1S/C15H21N5O4/c16-5-6-18-14(21)11-2-1-7-19(9-11)15(22)10-3-4-12(17)13(8-10)20(23)24/h3-4,8,11H,1-2,5-7,9,16-17H2,(H,18,21). The number of nitrogen functional groups attached to an aromatic ring is 1. The number of benzene rings is 1. The smallest absolute Gasteiger partial charge is 0.292 e. The third-order valence-electron chi connectivity index (χ3n) is 4.00. The van der Waals surface area contributed by atoms with E-state index in [9.17, 15) is 19.7 Å². The van der Waals surface area contributed by atoms with Gasteiger partial charge < -0.3 is 21.7 Å². The highest BCUT2D eigenvalue weighted by molar-refractivity contribution is 5.96. The van der Waals surface area contributed by atoms with Gasteiger partial charge in [-0.3, -0.25) is 19.7 Å². The number of rotatable bonds is 5. The van der Waals surface area contributed by atoms with Gasteiger partial charge in [-0.05, 0) is 25.0 Å². The zero-order chi connectivity index (χ0) is 17.7. The number of hydrogen-bond donors (Lipinski definition) is 3. The molecule has 1 aromatic carbocycles.